The molecule has 0 radical (unpaired) electrons. The van der Waals surface area contributed by atoms with Gasteiger partial charge < -0.3 is 15.4 Å². The van der Waals surface area contributed by atoms with Crippen molar-refractivity contribution in [2.24, 2.45) is 5.92 Å². The predicted octanol–water partition coefficient (Wildman–Crippen LogP) is 0.512. The Morgan fingerprint density at radius 3 is 2.68 bits per heavy atom. The molecule has 3 aliphatic rings. The summed E-state index contributed by atoms with van der Waals surface area (Å²) in [4.78, 5) is 12.3. The molecule has 0 spiro atoms. The molecule has 4 atom stereocenters. The Bertz CT molecular complexity index is 534. The van der Waals surface area contributed by atoms with Crippen LogP contribution in [0.3, 0.4) is 0 Å². The molecule has 0 aromatic heterocycles. The van der Waals surface area contributed by atoms with Crippen LogP contribution in [0.5, 0.6) is 0 Å². The third-order valence-electron chi connectivity index (χ3n) is 5.65. The largest absolute Gasteiger partial charge is 0.377 e. The summed E-state index contributed by atoms with van der Waals surface area (Å²) >= 11 is 0. The molecule has 2 aliphatic heterocycles. The maximum atomic E-state index is 12.3. The maximum Gasteiger partial charge on any atom is 0.237 e. The Kier molecular flexibility index (Phi) is 6.71. The van der Waals surface area contributed by atoms with Crippen LogP contribution in [0, 0.1) is 5.92 Å². The Morgan fingerprint density at radius 2 is 1.92 bits per heavy atom. The van der Waals surface area contributed by atoms with Crippen molar-refractivity contribution >= 4 is 15.9 Å². The molecule has 25 heavy (non-hydrogen) atoms. The summed E-state index contributed by atoms with van der Waals surface area (Å²) in [6.07, 6.45) is 8.71. The number of fused-ring (bicyclic) bond motifs is 1. The minimum absolute atomic E-state index is 0.0239. The Balaban J connectivity index is 1.34. The first-order valence-corrected chi connectivity index (χ1v) is 11.3. The number of hydrogen-bond acceptors (Lipinski definition) is 5. The first kappa shape index (κ1) is 19.1. The molecule has 1 amide bonds. The van der Waals surface area contributed by atoms with Crippen molar-refractivity contribution in [1.82, 2.24) is 15.4 Å². The van der Waals surface area contributed by atoms with E-state index >= 15 is 0 Å². The highest BCUT2D eigenvalue weighted by atomic mass is 32.2. The van der Waals surface area contributed by atoms with Gasteiger partial charge in [-0.25, -0.2) is 13.1 Å². The Hall–Kier alpha value is -0.700. The van der Waals surface area contributed by atoms with Crippen LogP contribution >= 0.6 is 0 Å². The highest BCUT2D eigenvalue weighted by Gasteiger charge is 2.38. The van der Waals surface area contributed by atoms with E-state index in [-0.39, 0.29) is 30.4 Å². The number of hydrogen-bond donors (Lipinski definition) is 3. The van der Waals surface area contributed by atoms with Gasteiger partial charge in [-0.15, -0.1) is 0 Å². The maximum absolute atomic E-state index is 12.3. The number of amides is 1. The summed E-state index contributed by atoms with van der Waals surface area (Å²) in [5, 5.41) is 6.19. The van der Waals surface area contributed by atoms with Crippen LogP contribution < -0.4 is 15.4 Å². The number of carbonyl (C=O) groups excluding carboxylic acids is 1. The van der Waals surface area contributed by atoms with Crippen molar-refractivity contribution in [3.8, 4) is 0 Å². The molecule has 0 bridgehead atoms. The summed E-state index contributed by atoms with van der Waals surface area (Å²) in [6.45, 7) is 1.18. The fourth-order valence-electron chi connectivity index (χ4n) is 4.21. The lowest BCUT2D eigenvalue weighted by Crippen LogP contribution is -2.45. The van der Waals surface area contributed by atoms with E-state index in [1.807, 2.05) is 0 Å². The number of nitrogens with one attached hydrogen (secondary N) is 3. The second-order valence-electron chi connectivity index (χ2n) is 7.55. The Labute approximate surface area is 150 Å². The van der Waals surface area contributed by atoms with Gasteiger partial charge in [0.05, 0.1) is 17.9 Å². The molecule has 1 aliphatic carbocycles. The average Bonchev–Trinajstić information content (AvgIpc) is 3.05. The Morgan fingerprint density at radius 1 is 1.12 bits per heavy atom. The van der Waals surface area contributed by atoms with Crippen molar-refractivity contribution < 1.29 is 17.9 Å². The van der Waals surface area contributed by atoms with Crippen LogP contribution in [-0.4, -0.2) is 58.0 Å². The van der Waals surface area contributed by atoms with E-state index < -0.39 is 10.0 Å². The molecule has 3 fully saturated rings. The van der Waals surface area contributed by atoms with Gasteiger partial charge in [0.15, 0.2) is 0 Å². The van der Waals surface area contributed by atoms with Gasteiger partial charge in [0, 0.05) is 25.7 Å². The molecule has 2 saturated heterocycles. The fourth-order valence-corrected chi connectivity index (χ4v) is 5.17. The van der Waals surface area contributed by atoms with Gasteiger partial charge in [0.1, 0.15) is 0 Å². The molecule has 144 valence electrons. The molecule has 8 heteroatoms. The van der Waals surface area contributed by atoms with E-state index in [4.69, 9.17) is 4.74 Å². The molecular weight excluding hydrogens is 342 g/mol. The van der Waals surface area contributed by atoms with Gasteiger partial charge in [0.2, 0.25) is 15.9 Å². The summed E-state index contributed by atoms with van der Waals surface area (Å²) in [6, 6.07) is 0.296. The van der Waals surface area contributed by atoms with Crippen molar-refractivity contribution in [2.75, 3.05) is 25.4 Å². The van der Waals surface area contributed by atoms with Crippen LogP contribution in [0.1, 0.15) is 51.4 Å². The summed E-state index contributed by atoms with van der Waals surface area (Å²) in [7, 11) is -3.39. The van der Waals surface area contributed by atoms with E-state index in [0.717, 1.165) is 32.1 Å². The van der Waals surface area contributed by atoms with Gasteiger partial charge >= 0.3 is 0 Å². The molecule has 2 heterocycles. The third-order valence-corrected chi connectivity index (χ3v) is 7.00. The number of ether oxygens (including phenoxy) is 1. The smallest absolute Gasteiger partial charge is 0.237 e. The summed E-state index contributed by atoms with van der Waals surface area (Å²) in [5.74, 6) is 0.441. The lowest BCUT2D eigenvalue weighted by molar-refractivity contribution is -0.122. The quantitative estimate of drug-likeness (QED) is 0.604. The topological polar surface area (TPSA) is 96.5 Å². The zero-order chi connectivity index (χ0) is 17.7. The van der Waals surface area contributed by atoms with Crippen molar-refractivity contribution in [3.05, 3.63) is 0 Å². The van der Waals surface area contributed by atoms with Gasteiger partial charge in [-0.1, -0.05) is 12.8 Å². The molecule has 3 N–H and O–H groups in total. The van der Waals surface area contributed by atoms with E-state index in [1.54, 1.807) is 0 Å². The van der Waals surface area contributed by atoms with Crippen LogP contribution in [0.4, 0.5) is 0 Å². The second-order valence-corrected chi connectivity index (χ2v) is 9.48. The highest BCUT2D eigenvalue weighted by molar-refractivity contribution is 7.89. The zero-order valence-corrected chi connectivity index (χ0v) is 15.7. The summed E-state index contributed by atoms with van der Waals surface area (Å²) < 4.78 is 32.2. The number of sulfonamides is 1. The van der Waals surface area contributed by atoms with Crippen LogP contribution in [0.15, 0.2) is 0 Å². The van der Waals surface area contributed by atoms with E-state index in [0.29, 0.717) is 25.1 Å². The van der Waals surface area contributed by atoms with Gasteiger partial charge in [-0.3, -0.25) is 4.79 Å². The summed E-state index contributed by atoms with van der Waals surface area (Å²) in [5.41, 5.74) is 0. The first-order valence-electron chi connectivity index (χ1n) is 9.66. The molecule has 0 aromatic carbocycles. The first-order chi connectivity index (χ1) is 12.0. The molecule has 7 nitrogen and oxygen atoms in total. The van der Waals surface area contributed by atoms with E-state index in [1.165, 1.54) is 19.3 Å². The van der Waals surface area contributed by atoms with Crippen molar-refractivity contribution in [1.29, 1.82) is 0 Å². The molecule has 3 rings (SSSR count). The minimum atomic E-state index is -3.39. The zero-order valence-electron chi connectivity index (χ0n) is 14.8. The fraction of sp³-hybridized carbons (Fsp3) is 0.941. The van der Waals surface area contributed by atoms with Crippen LogP contribution in [-0.2, 0) is 19.6 Å². The number of rotatable bonds is 7. The SMILES string of the molecule is O=C(NCCS(=O)(=O)NCC1CCCCO1)C1CC2CCCCC2N1. The van der Waals surface area contributed by atoms with Gasteiger partial charge in [-0.05, 0) is 44.4 Å². The predicted molar refractivity (Wildman–Crippen MR) is 95.7 cm³/mol. The van der Waals surface area contributed by atoms with Crippen molar-refractivity contribution in [3.63, 3.8) is 0 Å². The van der Waals surface area contributed by atoms with Crippen LogP contribution in [0.25, 0.3) is 0 Å². The monoisotopic (exact) mass is 373 g/mol. The second kappa shape index (κ2) is 8.79. The van der Waals surface area contributed by atoms with E-state index in [9.17, 15) is 13.2 Å². The standard InChI is InChI=1S/C17H31N3O4S/c21-17(16-11-13-5-1-2-7-15(13)20-16)18-8-10-25(22,23)19-12-14-6-3-4-9-24-14/h13-16,19-20H,1-12H2,(H,18,21). The average molecular weight is 374 g/mol. The lowest BCUT2D eigenvalue weighted by Gasteiger charge is -2.24. The molecule has 4 unspecified atom stereocenters. The van der Waals surface area contributed by atoms with Gasteiger partial charge in [0.25, 0.3) is 0 Å². The van der Waals surface area contributed by atoms with Crippen LogP contribution in [0.2, 0.25) is 0 Å². The molecular formula is C17H31N3O4S. The normalized spacial score (nSPS) is 33.0. The van der Waals surface area contributed by atoms with E-state index in [2.05, 4.69) is 15.4 Å². The number of carbonyl (C=O) groups is 1. The van der Waals surface area contributed by atoms with Crippen molar-refractivity contribution in [2.45, 2.75) is 69.6 Å². The minimum Gasteiger partial charge on any atom is -0.377 e. The highest BCUT2D eigenvalue weighted by Crippen LogP contribution is 2.33. The third kappa shape index (κ3) is 5.64. The van der Waals surface area contributed by atoms with Gasteiger partial charge in [-0.2, -0.15) is 0 Å². The molecule has 1 saturated carbocycles. The molecule has 0 aromatic rings. The lowest BCUT2D eigenvalue weighted by atomic mass is 9.85.